The minimum absolute atomic E-state index is 0. The Kier molecular flexibility index (Phi) is 21.7. The first-order valence-electron chi connectivity index (χ1n) is 16.7. The van der Waals surface area contributed by atoms with Crippen LogP contribution in [0.1, 0.15) is 113 Å². The van der Waals surface area contributed by atoms with Crippen LogP contribution in [0, 0.1) is 63.6 Å². The van der Waals surface area contributed by atoms with Gasteiger partial charge in [0.25, 0.3) is 0 Å². The maximum atomic E-state index is 12.1. The second-order valence-corrected chi connectivity index (χ2v) is 18.0. The average Bonchev–Trinajstić information content (AvgIpc) is 3.33. The molecule has 18 heteroatoms. The Hall–Kier alpha value is 3.25. The molecule has 0 amide bonds. The van der Waals surface area contributed by atoms with Crippen LogP contribution in [0.2, 0.25) is 0 Å². The zero-order valence-electron chi connectivity index (χ0n) is 31.3. The van der Waals surface area contributed by atoms with E-state index in [-0.39, 0.29) is 124 Å². The molecule has 4 rings (SSSR count). The van der Waals surface area contributed by atoms with E-state index < -0.39 is 34.1 Å². The van der Waals surface area contributed by atoms with Crippen molar-refractivity contribution in [2.24, 2.45) is 63.6 Å². The molecule has 12 atom stereocenters. The van der Waals surface area contributed by atoms with Gasteiger partial charge in [-0.15, -0.1) is 8.67 Å². The Morgan fingerprint density at radius 3 is 1.92 bits per heavy atom. The van der Waals surface area contributed by atoms with E-state index in [0.29, 0.717) is 67.1 Å². The second kappa shape index (κ2) is 21.1. The van der Waals surface area contributed by atoms with Gasteiger partial charge < -0.3 is 15.1 Å². The molecule has 49 heavy (non-hydrogen) atoms. The molecule has 0 aromatic heterocycles. The van der Waals surface area contributed by atoms with Gasteiger partial charge in [0.05, 0.1) is 6.10 Å². The molecule has 0 spiro atoms. The van der Waals surface area contributed by atoms with E-state index >= 15 is 0 Å². The third-order valence-electron chi connectivity index (χ3n) is 13.9. The van der Waals surface area contributed by atoms with Crippen molar-refractivity contribution in [3.05, 3.63) is 0 Å². The van der Waals surface area contributed by atoms with Crippen LogP contribution >= 0.6 is 24.6 Å². The van der Waals surface area contributed by atoms with Crippen LogP contribution in [0.5, 0.6) is 0 Å². The van der Waals surface area contributed by atoms with Crippen molar-refractivity contribution in [2.45, 2.75) is 131 Å². The summed E-state index contributed by atoms with van der Waals surface area (Å²) < 4.78 is 61.7. The first-order chi connectivity index (χ1) is 21.5. The zero-order valence-corrected chi connectivity index (χ0v) is 39.8. The third kappa shape index (κ3) is 11.7. The van der Waals surface area contributed by atoms with Gasteiger partial charge in [-0.25, -0.2) is 8.42 Å². The van der Waals surface area contributed by atoms with E-state index in [1.54, 1.807) is 0 Å². The molecule has 0 heterocycles. The minimum Gasteiger partial charge on any atom is -0.726 e. The fourth-order valence-electron chi connectivity index (χ4n) is 10.5. The second-order valence-electron chi connectivity index (χ2n) is 16.0. The smallest absolute Gasteiger partial charge is 0.726 e. The van der Waals surface area contributed by atoms with Gasteiger partial charge in [-0.05, 0) is 115 Å². The zero-order chi connectivity index (χ0) is 34.1. The summed E-state index contributed by atoms with van der Waals surface area (Å²) in [4.78, 5) is 0. The molecular weight excluding hydrogens is 730 g/mol. The summed E-state index contributed by atoms with van der Waals surface area (Å²) in [5.74, 6) is 2.79. The van der Waals surface area contributed by atoms with Gasteiger partial charge in [0.15, 0.2) is 24.6 Å². The van der Waals surface area contributed by atoms with E-state index in [0.717, 1.165) is 25.7 Å². The van der Waals surface area contributed by atoms with Crippen LogP contribution in [0.15, 0.2) is 0 Å². The van der Waals surface area contributed by atoms with Crippen molar-refractivity contribution in [3.63, 3.8) is 0 Å². The van der Waals surface area contributed by atoms with Crippen molar-refractivity contribution in [1.29, 1.82) is 0 Å². The molecule has 0 aromatic rings. The average molecular weight is 783 g/mol. The molecule has 0 N–H and O–H groups in total. The quantitative estimate of drug-likeness (QED) is 0.0292. The molecule has 8 unspecified atom stereocenters. The van der Waals surface area contributed by atoms with Crippen molar-refractivity contribution >= 4 is 35.0 Å². The summed E-state index contributed by atoms with van der Waals surface area (Å²) in [6, 6.07) is 0. The largest absolute Gasteiger partial charge is 1.00 e. The summed E-state index contributed by atoms with van der Waals surface area (Å²) in [5, 5.41) is 27.6. The Balaban J connectivity index is 0.00000400. The fraction of sp³-hybridized carbons (Fsp3) is 1.00. The predicted octanol–water partition coefficient (Wildman–Crippen LogP) is -3.20. The van der Waals surface area contributed by atoms with Gasteiger partial charge in [-0.1, -0.05) is 61.8 Å². The maximum absolute atomic E-state index is 12.1. The van der Waals surface area contributed by atoms with Crippen molar-refractivity contribution < 1.29 is 143 Å². The third-order valence-corrected chi connectivity index (χ3v) is 15.2. The molecular formula is C31H53Na3O12S3. The molecule has 0 bridgehead atoms. The summed E-state index contributed by atoms with van der Waals surface area (Å²) in [7, 11) is -4.99. The molecule has 0 radical (unpaired) electrons. The molecule has 0 aromatic carbocycles. The monoisotopic (exact) mass is 782 g/mol. The number of rotatable bonds is 16. The van der Waals surface area contributed by atoms with Gasteiger partial charge >= 0.3 is 88.7 Å². The van der Waals surface area contributed by atoms with Crippen molar-refractivity contribution in [1.82, 2.24) is 0 Å². The molecule has 12 nitrogen and oxygen atoms in total. The SMILES string of the molecule is CC(CCC(C)C(C)(C)C(C)C)[C@H]1CCC2C3CC(OS(=O)(=O)[O-])C4CC(OSOO[O-])[C@@H](OSOO[O-])C[C@]4(C)C3CC[C@@]21C.[Na+].[Na+].[Na+]. The number of hydrogen-bond acceptors (Lipinski definition) is 14. The predicted molar refractivity (Wildman–Crippen MR) is 166 cm³/mol. The number of hydrogen-bond donors (Lipinski definition) is 0. The van der Waals surface area contributed by atoms with Crippen LogP contribution in [0.25, 0.3) is 0 Å². The number of fused-ring (bicyclic) bond motifs is 5. The molecule has 4 fully saturated rings. The Morgan fingerprint density at radius 2 is 1.37 bits per heavy atom. The Morgan fingerprint density at radius 1 is 0.796 bits per heavy atom. The molecule has 0 aliphatic heterocycles. The van der Waals surface area contributed by atoms with Gasteiger partial charge in [0, 0.05) is 0 Å². The normalized spacial score (nSPS) is 37.1. The van der Waals surface area contributed by atoms with Gasteiger partial charge in [-0.3, -0.25) is 22.6 Å². The summed E-state index contributed by atoms with van der Waals surface area (Å²) in [6.45, 7) is 18.8. The van der Waals surface area contributed by atoms with Crippen LogP contribution in [0.4, 0.5) is 0 Å². The van der Waals surface area contributed by atoms with Gasteiger partial charge in [0.2, 0.25) is 10.4 Å². The van der Waals surface area contributed by atoms with Crippen molar-refractivity contribution in [2.75, 3.05) is 0 Å². The van der Waals surface area contributed by atoms with Gasteiger partial charge in [0.1, 0.15) is 12.2 Å². The molecule has 0 saturated heterocycles. The van der Waals surface area contributed by atoms with Crippen LogP contribution < -0.4 is 99.2 Å². The molecule has 4 saturated carbocycles. The molecule has 4 aliphatic rings. The summed E-state index contributed by atoms with van der Waals surface area (Å²) in [6.07, 6.45) is 5.55. The van der Waals surface area contributed by atoms with E-state index in [9.17, 15) is 23.5 Å². The fourth-order valence-corrected chi connectivity index (χ4v) is 11.7. The minimum atomic E-state index is -4.99. The van der Waals surface area contributed by atoms with E-state index in [1.165, 1.54) is 12.8 Å². The summed E-state index contributed by atoms with van der Waals surface area (Å²) >= 11 is 0.696. The van der Waals surface area contributed by atoms with E-state index in [4.69, 9.17) is 12.5 Å². The topological polar surface area (TPSA) is 168 Å². The van der Waals surface area contributed by atoms with E-state index in [2.05, 4.69) is 74.1 Å². The molecule has 270 valence electrons. The van der Waals surface area contributed by atoms with Crippen LogP contribution in [0.3, 0.4) is 0 Å². The first-order valence-corrected chi connectivity index (χ1v) is 19.4. The van der Waals surface area contributed by atoms with Crippen LogP contribution in [-0.4, -0.2) is 31.3 Å². The summed E-state index contributed by atoms with van der Waals surface area (Å²) in [5.41, 5.74) is -0.0943. The molecule has 4 aliphatic carbocycles. The Bertz CT molecular complexity index is 1110. The maximum Gasteiger partial charge on any atom is 1.00 e. The van der Waals surface area contributed by atoms with Gasteiger partial charge in [-0.2, -0.15) is 0 Å². The van der Waals surface area contributed by atoms with Crippen molar-refractivity contribution in [3.8, 4) is 0 Å². The van der Waals surface area contributed by atoms with E-state index in [1.807, 2.05) is 0 Å². The van der Waals surface area contributed by atoms with Crippen LogP contribution in [-0.2, 0) is 41.7 Å². The Labute approximate surface area is 369 Å². The standard InChI is InChI=1S/C31H56O12S3.3Na/c1-18(2)29(5,6)20(4)10-9-19(3)22-11-12-23-21-15-26(39-46(34,35)36)25-16-27(37-44-42-40-32)28(38-45-43-41-33)17-31(25,8)24(21)13-14-30(22,23)7;;;/h18-28,32-33H,9-17H2,1-8H3,(H,34,35,36);;;/q;3*+1/p-3/t19?,20?,21?,22-,23?,24?,25?,26?,27?,28+,30-,31-;;;/m1.../s1. The first kappa shape index (κ1) is 50.3.